The van der Waals surface area contributed by atoms with E-state index in [1.54, 1.807) is 12.1 Å². The number of aliphatic hydroxyl groups is 1. The maximum Gasteiger partial charge on any atom is 0.127 e. The lowest BCUT2D eigenvalue weighted by molar-refractivity contribution is 0.107. The molecule has 0 aromatic heterocycles. The molecular weight excluding hydrogens is 242 g/mol. The molecule has 104 valence electrons. The fourth-order valence-electron chi connectivity index (χ4n) is 3.03. The molecule has 4 nitrogen and oxygen atoms in total. The highest BCUT2D eigenvalue weighted by atomic mass is 16.5. The number of hydrogen-bond acceptors (Lipinski definition) is 4. The average molecular weight is 263 g/mol. The summed E-state index contributed by atoms with van der Waals surface area (Å²) in [6, 6.07) is 5.54. The van der Waals surface area contributed by atoms with E-state index in [1.165, 1.54) is 0 Å². The van der Waals surface area contributed by atoms with Gasteiger partial charge in [0.1, 0.15) is 18.1 Å². The Bertz CT molecular complexity index is 441. The van der Waals surface area contributed by atoms with Crippen molar-refractivity contribution >= 4 is 0 Å². The number of phenolic OH excluding ortho intramolecular Hbond substituents is 1. The van der Waals surface area contributed by atoms with Gasteiger partial charge < -0.3 is 20.3 Å². The number of aromatic hydroxyl groups is 1. The quantitative estimate of drug-likeness (QED) is 0.780. The molecule has 1 unspecified atom stereocenters. The third kappa shape index (κ3) is 2.85. The van der Waals surface area contributed by atoms with Crippen LogP contribution in [0, 0.1) is 5.92 Å². The first kappa shape index (κ1) is 12.8. The molecule has 1 fully saturated rings. The fraction of sp³-hybridized carbons (Fsp3) is 0.600. The highest BCUT2D eigenvalue weighted by Crippen LogP contribution is 2.35. The minimum atomic E-state index is -0.0882. The largest absolute Gasteiger partial charge is 0.508 e. The van der Waals surface area contributed by atoms with Crippen molar-refractivity contribution in [1.82, 2.24) is 5.32 Å². The third-order valence-corrected chi connectivity index (χ3v) is 4.25. The summed E-state index contributed by atoms with van der Waals surface area (Å²) >= 11 is 0. The summed E-state index contributed by atoms with van der Waals surface area (Å²) in [5, 5.41) is 22.5. The van der Waals surface area contributed by atoms with Gasteiger partial charge in [-0.1, -0.05) is 0 Å². The first-order chi connectivity index (χ1) is 9.22. The molecule has 0 radical (unpaired) electrons. The van der Waals surface area contributed by atoms with Gasteiger partial charge in [0, 0.05) is 11.6 Å². The van der Waals surface area contributed by atoms with Crippen LogP contribution in [-0.4, -0.2) is 29.5 Å². The van der Waals surface area contributed by atoms with Gasteiger partial charge in [-0.15, -0.1) is 0 Å². The van der Waals surface area contributed by atoms with E-state index in [0.717, 1.165) is 43.5 Å². The zero-order valence-corrected chi connectivity index (χ0v) is 11.0. The molecule has 2 aliphatic rings. The molecular formula is C15H21NO3. The van der Waals surface area contributed by atoms with Crippen molar-refractivity contribution in [2.24, 2.45) is 5.92 Å². The van der Waals surface area contributed by atoms with E-state index in [2.05, 4.69) is 5.32 Å². The molecule has 1 saturated carbocycles. The van der Waals surface area contributed by atoms with Crippen LogP contribution in [0.3, 0.4) is 0 Å². The van der Waals surface area contributed by atoms with Gasteiger partial charge in [0.2, 0.25) is 0 Å². The number of ether oxygens (including phenoxy) is 1. The zero-order valence-electron chi connectivity index (χ0n) is 11.0. The molecule has 0 amide bonds. The van der Waals surface area contributed by atoms with E-state index in [0.29, 0.717) is 12.5 Å². The van der Waals surface area contributed by atoms with Crippen LogP contribution in [0.5, 0.6) is 11.5 Å². The molecule has 1 heterocycles. The first-order valence-electron chi connectivity index (χ1n) is 7.09. The predicted molar refractivity (Wildman–Crippen MR) is 72.3 cm³/mol. The van der Waals surface area contributed by atoms with Gasteiger partial charge in [0.25, 0.3) is 0 Å². The monoisotopic (exact) mass is 263 g/mol. The maximum absolute atomic E-state index is 9.50. The highest BCUT2D eigenvalue weighted by molar-refractivity contribution is 5.44. The number of fused-ring (bicyclic) bond motifs is 1. The first-order valence-corrected chi connectivity index (χ1v) is 7.09. The topological polar surface area (TPSA) is 61.7 Å². The molecule has 1 aliphatic heterocycles. The van der Waals surface area contributed by atoms with Gasteiger partial charge in [-0.3, -0.25) is 0 Å². The molecule has 0 spiro atoms. The van der Waals surface area contributed by atoms with E-state index < -0.39 is 0 Å². The smallest absolute Gasteiger partial charge is 0.127 e. The van der Waals surface area contributed by atoms with Crippen LogP contribution in [0.4, 0.5) is 0 Å². The number of rotatable bonds is 3. The Morgan fingerprint density at radius 3 is 2.79 bits per heavy atom. The van der Waals surface area contributed by atoms with Crippen LogP contribution in [0.2, 0.25) is 0 Å². The zero-order chi connectivity index (χ0) is 13.2. The van der Waals surface area contributed by atoms with Gasteiger partial charge in [0.15, 0.2) is 0 Å². The van der Waals surface area contributed by atoms with Crippen molar-refractivity contribution < 1.29 is 14.9 Å². The number of nitrogens with one attached hydrogen (secondary N) is 1. The molecule has 1 atom stereocenters. The summed E-state index contributed by atoms with van der Waals surface area (Å²) in [6.07, 6.45) is 3.97. The van der Waals surface area contributed by atoms with Crippen molar-refractivity contribution in [2.75, 3.05) is 13.2 Å². The number of hydrogen-bond donors (Lipinski definition) is 3. The van der Waals surface area contributed by atoms with E-state index in [-0.39, 0.29) is 17.9 Å². The molecule has 3 rings (SSSR count). The normalized spacial score (nSPS) is 29.8. The minimum Gasteiger partial charge on any atom is -0.508 e. The Labute approximate surface area is 113 Å². The van der Waals surface area contributed by atoms with Crippen molar-refractivity contribution in [3.05, 3.63) is 23.8 Å². The third-order valence-electron chi connectivity index (χ3n) is 4.25. The average Bonchev–Trinajstić information content (AvgIpc) is 2.80. The SMILES string of the molecule is Oc1ccc2c(c1)OCC2NCC1CCC(O)CC1. The van der Waals surface area contributed by atoms with E-state index in [4.69, 9.17) is 4.74 Å². The van der Waals surface area contributed by atoms with Crippen molar-refractivity contribution in [3.63, 3.8) is 0 Å². The summed E-state index contributed by atoms with van der Waals surface area (Å²) in [6.45, 7) is 1.61. The second-order valence-corrected chi connectivity index (χ2v) is 5.67. The van der Waals surface area contributed by atoms with Gasteiger partial charge in [0.05, 0.1) is 12.1 Å². The van der Waals surface area contributed by atoms with Crippen LogP contribution in [0.1, 0.15) is 37.3 Å². The molecule has 3 N–H and O–H groups in total. The lowest BCUT2D eigenvalue weighted by Gasteiger charge is -2.26. The number of benzene rings is 1. The number of phenols is 1. The summed E-state index contributed by atoms with van der Waals surface area (Å²) in [4.78, 5) is 0. The summed E-state index contributed by atoms with van der Waals surface area (Å²) in [5.74, 6) is 1.70. The number of aliphatic hydroxyl groups excluding tert-OH is 1. The molecule has 1 aliphatic carbocycles. The molecule has 1 aromatic carbocycles. The molecule has 0 saturated heterocycles. The van der Waals surface area contributed by atoms with Crippen LogP contribution in [0.15, 0.2) is 18.2 Å². The molecule has 4 heteroatoms. The Kier molecular flexibility index (Phi) is 3.62. The molecule has 19 heavy (non-hydrogen) atoms. The van der Waals surface area contributed by atoms with Gasteiger partial charge in [-0.05, 0) is 50.3 Å². The predicted octanol–water partition coefficient (Wildman–Crippen LogP) is 1.97. The summed E-state index contributed by atoms with van der Waals surface area (Å²) in [5.41, 5.74) is 1.13. The minimum absolute atomic E-state index is 0.0882. The Morgan fingerprint density at radius 2 is 2.00 bits per heavy atom. The van der Waals surface area contributed by atoms with E-state index >= 15 is 0 Å². The standard InChI is InChI=1S/C15H21NO3/c17-11-3-1-10(2-4-11)8-16-14-9-19-15-7-12(18)5-6-13(14)15/h5-7,10-11,14,16-18H,1-4,8-9H2. The van der Waals surface area contributed by atoms with Crippen molar-refractivity contribution in [1.29, 1.82) is 0 Å². The highest BCUT2D eigenvalue weighted by Gasteiger charge is 2.26. The summed E-state index contributed by atoms with van der Waals surface area (Å²) in [7, 11) is 0. The Morgan fingerprint density at radius 1 is 1.21 bits per heavy atom. The lowest BCUT2D eigenvalue weighted by Crippen LogP contribution is -2.31. The van der Waals surface area contributed by atoms with E-state index in [9.17, 15) is 10.2 Å². The van der Waals surface area contributed by atoms with Crippen LogP contribution in [-0.2, 0) is 0 Å². The fourth-order valence-corrected chi connectivity index (χ4v) is 3.03. The Hall–Kier alpha value is -1.26. The van der Waals surface area contributed by atoms with Crippen LogP contribution in [0.25, 0.3) is 0 Å². The Balaban J connectivity index is 1.55. The maximum atomic E-state index is 9.50. The van der Waals surface area contributed by atoms with Crippen LogP contribution < -0.4 is 10.1 Å². The van der Waals surface area contributed by atoms with Gasteiger partial charge in [-0.25, -0.2) is 0 Å². The van der Waals surface area contributed by atoms with Crippen molar-refractivity contribution in [2.45, 2.75) is 37.8 Å². The van der Waals surface area contributed by atoms with E-state index in [1.807, 2.05) is 6.07 Å². The summed E-state index contributed by atoms with van der Waals surface area (Å²) < 4.78 is 5.59. The molecule has 1 aromatic rings. The lowest BCUT2D eigenvalue weighted by atomic mass is 9.87. The second-order valence-electron chi connectivity index (χ2n) is 5.67. The van der Waals surface area contributed by atoms with Crippen LogP contribution >= 0.6 is 0 Å². The second kappa shape index (κ2) is 5.39. The van der Waals surface area contributed by atoms with Gasteiger partial charge in [-0.2, -0.15) is 0 Å². The van der Waals surface area contributed by atoms with Crippen molar-refractivity contribution in [3.8, 4) is 11.5 Å². The molecule has 0 bridgehead atoms. The van der Waals surface area contributed by atoms with Gasteiger partial charge >= 0.3 is 0 Å².